The van der Waals surface area contributed by atoms with E-state index in [-0.39, 0.29) is 5.78 Å². The van der Waals surface area contributed by atoms with Gasteiger partial charge in [0.15, 0.2) is 5.78 Å². The van der Waals surface area contributed by atoms with Crippen LogP contribution in [-0.2, 0) is 0 Å². The summed E-state index contributed by atoms with van der Waals surface area (Å²) in [6.07, 6.45) is 1.04. The molecule has 0 aliphatic carbocycles. The normalized spacial score (nSPS) is 9.62. The Kier molecular flexibility index (Phi) is 4.55. The Morgan fingerprint density at radius 3 is 2.81 bits per heavy atom. The second kappa shape index (κ2) is 5.93. The van der Waals surface area contributed by atoms with E-state index in [0.717, 1.165) is 16.7 Å². The second-order valence-corrected chi connectivity index (χ2v) is 3.80. The predicted molar refractivity (Wildman–Crippen MR) is 63.5 cm³/mol. The molecule has 0 aliphatic heterocycles. The molecule has 0 unspecified atom stereocenters. The highest BCUT2D eigenvalue weighted by Gasteiger charge is 2.07. The second-order valence-electron chi connectivity index (χ2n) is 3.80. The lowest BCUT2D eigenvalue weighted by atomic mass is 10.00. The average molecular weight is 217 g/mol. The molecular formula is C12H15N3O. The van der Waals surface area contributed by atoms with Crippen molar-refractivity contribution in [1.29, 1.82) is 0 Å². The van der Waals surface area contributed by atoms with Crippen LogP contribution in [0, 0.1) is 13.8 Å². The van der Waals surface area contributed by atoms with Gasteiger partial charge in [0.2, 0.25) is 0 Å². The molecule has 0 radical (unpaired) electrons. The van der Waals surface area contributed by atoms with Crippen molar-refractivity contribution in [3.05, 3.63) is 45.3 Å². The number of carbonyl (C=O) groups is 1. The van der Waals surface area contributed by atoms with Crippen LogP contribution in [-0.4, -0.2) is 12.3 Å². The van der Waals surface area contributed by atoms with Gasteiger partial charge >= 0.3 is 0 Å². The standard InChI is InChI=1S/C12H15N3O/c1-9-5-6-11(10(2)8-9)12(16)4-3-7-14-15-13/h5-6,8H,3-4,7H2,1-2H3. The van der Waals surface area contributed by atoms with E-state index in [1.807, 2.05) is 32.0 Å². The highest BCUT2D eigenvalue weighted by Crippen LogP contribution is 2.13. The largest absolute Gasteiger partial charge is 0.294 e. The minimum absolute atomic E-state index is 0.116. The van der Waals surface area contributed by atoms with Crippen molar-refractivity contribution in [2.24, 2.45) is 5.11 Å². The first-order valence-corrected chi connectivity index (χ1v) is 5.26. The van der Waals surface area contributed by atoms with E-state index >= 15 is 0 Å². The molecule has 0 bridgehead atoms. The van der Waals surface area contributed by atoms with E-state index in [1.54, 1.807) is 0 Å². The number of Topliss-reactive ketones (excluding diaryl/α,β-unsaturated/α-hetero) is 1. The maximum atomic E-state index is 11.8. The van der Waals surface area contributed by atoms with E-state index in [9.17, 15) is 4.79 Å². The van der Waals surface area contributed by atoms with Crippen molar-refractivity contribution in [3.63, 3.8) is 0 Å². The molecule has 0 amide bonds. The van der Waals surface area contributed by atoms with Gasteiger partial charge in [0.1, 0.15) is 0 Å². The molecule has 0 fully saturated rings. The molecule has 0 N–H and O–H groups in total. The third-order valence-corrected chi connectivity index (χ3v) is 2.41. The van der Waals surface area contributed by atoms with Crippen LogP contribution in [0.4, 0.5) is 0 Å². The molecule has 4 heteroatoms. The first kappa shape index (κ1) is 12.3. The van der Waals surface area contributed by atoms with E-state index in [4.69, 9.17) is 5.53 Å². The number of azide groups is 1. The quantitative estimate of drug-likeness (QED) is 0.244. The number of nitrogens with zero attached hydrogens (tertiary/aromatic N) is 3. The van der Waals surface area contributed by atoms with Crippen LogP contribution in [0.1, 0.15) is 34.3 Å². The fraction of sp³-hybridized carbons (Fsp3) is 0.417. The minimum atomic E-state index is 0.116. The van der Waals surface area contributed by atoms with Gasteiger partial charge in [0, 0.05) is 23.4 Å². The number of hydrogen-bond donors (Lipinski definition) is 0. The number of benzene rings is 1. The van der Waals surface area contributed by atoms with Crippen molar-refractivity contribution in [2.75, 3.05) is 6.54 Å². The van der Waals surface area contributed by atoms with E-state index in [2.05, 4.69) is 10.0 Å². The Morgan fingerprint density at radius 2 is 2.19 bits per heavy atom. The first-order chi connectivity index (χ1) is 7.65. The molecule has 0 saturated carbocycles. The predicted octanol–water partition coefficient (Wildman–Crippen LogP) is 3.58. The third kappa shape index (κ3) is 3.41. The minimum Gasteiger partial charge on any atom is -0.294 e. The van der Waals surface area contributed by atoms with Crippen molar-refractivity contribution in [3.8, 4) is 0 Å². The summed E-state index contributed by atoms with van der Waals surface area (Å²) in [5.41, 5.74) is 11.0. The lowest BCUT2D eigenvalue weighted by Gasteiger charge is -2.05. The number of rotatable bonds is 5. The Morgan fingerprint density at radius 1 is 1.44 bits per heavy atom. The number of hydrogen-bond acceptors (Lipinski definition) is 2. The van der Waals surface area contributed by atoms with Crippen molar-refractivity contribution in [2.45, 2.75) is 26.7 Å². The van der Waals surface area contributed by atoms with Gasteiger partial charge in [0.05, 0.1) is 0 Å². The van der Waals surface area contributed by atoms with Crippen molar-refractivity contribution >= 4 is 5.78 Å². The molecule has 4 nitrogen and oxygen atoms in total. The zero-order chi connectivity index (χ0) is 12.0. The summed E-state index contributed by atoms with van der Waals surface area (Å²) in [7, 11) is 0. The Bertz CT molecular complexity index is 434. The highest BCUT2D eigenvalue weighted by molar-refractivity contribution is 5.97. The molecule has 0 aliphatic rings. The molecule has 0 spiro atoms. The van der Waals surface area contributed by atoms with Crippen LogP contribution >= 0.6 is 0 Å². The van der Waals surface area contributed by atoms with Crippen LogP contribution in [0.25, 0.3) is 10.4 Å². The highest BCUT2D eigenvalue weighted by atomic mass is 16.1. The molecular weight excluding hydrogens is 202 g/mol. The summed E-state index contributed by atoms with van der Waals surface area (Å²) < 4.78 is 0. The maximum Gasteiger partial charge on any atom is 0.163 e. The van der Waals surface area contributed by atoms with E-state index < -0.39 is 0 Å². The topological polar surface area (TPSA) is 65.8 Å². The van der Waals surface area contributed by atoms with E-state index in [0.29, 0.717) is 19.4 Å². The molecule has 0 saturated heterocycles. The zero-order valence-electron chi connectivity index (χ0n) is 9.60. The molecule has 1 aromatic rings. The Balaban J connectivity index is 2.62. The summed E-state index contributed by atoms with van der Waals surface area (Å²) in [6, 6.07) is 5.80. The van der Waals surface area contributed by atoms with Gasteiger partial charge in [-0.25, -0.2) is 0 Å². The van der Waals surface area contributed by atoms with Gasteiger partial charge in [-0.1, -0.05) is 28.9 Å². The summed E-state index contributed by atoms with van der Waals surface area (Å²) >= 11 is 0. The first-order valence-electron chi connectivity index (χ1n) is 5.26. The zero-order valence-corrected chi connectivity index (χ0v) is 9.60. The molecule has 0 aromatic heterocycles. The van der Waals surface area contributed by atoms with Gasteiger partial charge in [-0.05, 0) is 31.4 Å². The fourth-order valence-corrected chi connectivity index (χ4v) is 1.62. The lowest BCUT2D eigenvalue weighted by Crippen LogP contribution is -2.02. The maximum absolute atomic E-state index is 11.8. The summed E-state index contributed by atoms with van der Waals surface area (Å²) in [5.74, 6) is 0.116. The molecule has 16 heavy (non-hydrogen) atoms. The molecule has 0 atom stereocenters. The monoisotopic (exact) mass is 217 g/mol. The van der Waals surface area contributed by atoms with E-state index in [1.165, 1.54) is 0 Å². The van der Waals surface area contributed by atoms with Gasteiger partial charge in [0.25, 0.3) is 0 Å². The van der Waals surface area contributed by atoms with Gasteiger partial charge in [-0.2, -0.15) is 0 Å². The molecule has 0 heterocycles. The lowest BCUT2D eigenvalue weighted by molar-refractivity contribution is 0.0980. The fourth-order valence-electron chi connectivity index (χ4n) is 1.62. The van der Waals surface area contributed by atoms with Gasteiger partial charge in [-0.3, -0.25) is 4.79 Å². The number of carbonyl (C=O) groups excluding carboxylic acids is 1. The summed E-state index contributed by atoms with van der Waals surface area (Å²) in [6.45, 7) is 4.32. The smallest absolute Gasteiger partial charge is 0.163 e. The average Bonchev–Trinajstić information content (AvgIpc) is 2.24. The van der Waals surface area contributed by atoms with Crippen LogP contribution in [0.3, 0.4) is 0 Å². The summed E-state index contributed by atoms with van der Waals surface area (Å²) in [5, 5.41) is 3.40. The SMILES string of the molecule is Cc1ccc(C(=O)CCCN=[N+]=[N-])c(C)c1. The van der Waals surface area contributed by atoms with Gasteiger partial charge in [-0.15, -0.1) is 0 Å². The van der Waals surface area contributed by atoms with Gasteiger partial charge < -0.3 is 0 Å². The van der Waals surface area contributed by atoms with Crippen molar-refractivity contribution in [1.82, 2.24) is 0 Å². The van der Waals surface area contributed by atoms with Crippen LogP contribution in [0.5, 0.6) is 0 Å². The molecule has 84 valence electrons. The van der Waals surface area contributed by atoms with Crippen LogP contribution in [0.15, 0.2) is 23.3 Å². The molecule has 1 aromatic carbocycles. The number of aryl methyl sites for hydroxylation is 2. The Hall–Kier alpha value is -1.80. The third-order valence-electron chi connectivity index (χ3n) is 2.41. The summed E-state index contributed by atoms with van der Waals surface area (Å²) in [4.78, 5) is 14.5. The van der Waals surface area contributed by atoms with Crippen LogP contribution in [0.2, 0.25) is 0 Å². The van der Waals surface area contributed by atoms with Crippen molar-refractivity contribution < 1.29 is 4.79 Å². The Labute approximate surface area is 94.9 Å². The number of ketones is 1. The van der Waals surface area contributed by atoms with Crippen LogP contribution < -0.4 is 0 Å². The molecule has 1 rings (SSSR count).